The molecule has 2 aromatic carbocycles. The quantitative estimate of drug-likeness (QED) is 0.812. The molecule has 0 bridgehead atoms. The minimum absolute atomic E-state index is 0.0381. The van der Waals surface area contributed by atoms with Crippen molar-refractivity contribution >= 4 is 43.1 Å². The predicted octanol–water partition coefficient (Wildman–Crippen LogP) is 0.908. The fraction of sp³-hybridized carbons (Fsp3) is 0.0714. The molecule has 0 amide bonds. The molecule has 0 atom stereocenters. The van der Waals surface area contributed by atoms with Gasteiger partial charge in [0.05, 0.1) is 15.8 Å². The number of halogens is 1. The molecule has 0 aliphatic rings. The summed E-state index contributed by atoms with van der Waals surface area (Å²) in [5.74, 6) is -1.60. The average molecular weight is 389 g/mol. The van der Waals surface area contributed by atoms with Crippen LogP contribution < -0.4 is 9.83 Å². The van der Waals surface area contributed by atoms with Gasteiger partial charge in [-0.3, -0.25) is 4.72 Å². The number of sulfone groups is 1. The van der Waals surface area contributed by atoms with Crippen LogP contribution in [0, 0.1) is 0 Å². The third-order valence-electron chi connectivity index (χ3n) is 3.00. The maximum absolute atomic E-state index is 12.3. The van der Waals surface area contributed by atoms with E-state index in [-0.39, 0.29) is 20.5 Å². The lowest BCUT2D eigenvalue weighted by Crippen LogP contribution is -2.23. The van der Waals surface area contributed by atoms with Crippen LogP contribution in [0.25, 0.3) is 0 Å². The second-order valence-electron chi connectivity index (χ2n) is 4.83. The molecular formula is C14H11ClNO6S2-. The second-order valence-corrected chi connectivity index (χ2v) is 8.94. The number of sulfonamides is 1. The number of carbonyl (C=O) groups is 1. The van der Waals surface area contributed by atoms with Gasteiger partial charge in [0, 0.05) is 22.5 Å². The maximum atomic E-state index is 12.3. The number of nitrogens with one attached hydrogen (secondary N) is 1. The Bertz CT molecular complexity index is 998. The van der Waals surface area contributed by atoms with E-state index < -0.39 is 31.4 Å². The summed E-state index contributed by atoms with van der Waals surface area (Å²) in [7, 11) is -7.48. The van der Waals surface area contributed by atoms with E-state index in [1.807, 2.05) is 0 Å². The lowest BCUT2D eigenvalue weighted by molar-refractivity contribution is -0.255. The molecule has 1 N–H and O–H groups in total. The van der Waals surface area contributed by atoms with Crippen LogP contribution in [0.3, 0.4) is 0 Å². The zero-order chi connectivity index (χ0) is 18.1. The van der Waals surface area contributed by atoms with Gasteiger partial charge in [-0.25, -0.2) is 16.8 Å². The first-order chi connectivity index (χ1) is 11.0. The summed E-state index contributed by atoms with van der Waals surface area (Å²) >= 11 is 5.67. The van der Waals surface area contributed by atoms with Crippen LogP contribution in [0.1, 0.15) is 10.4 Å². The fourth-order valence-corrected chi connectivity index (χ4v) is 3.72. The van der Waals surface area contributed by atoms with Crippen molar-refractivity contribution in [3.63, 3.8) is 0 Å². The molecule has 0 aromatic heterocycles. The van der Waals surface area contributed by atoms with Crippen molar-refractivity contribution in [1.29, 1.82) is 0 Å². The third kappa shape index (κ3) is 4.05. The van der Waals surface area contributed by atoms with E-state index >= 15 is 0 Å². The standard InChI is InChI=1S/C14H12ClNO6S2/c1-23(19,20)10-4-2-9(3-5-10)16-24(21,22)11-6-7-13(15)12(8-11)14(17)18/h2-8,16H,1H3,(H,17,18)/p-1. The zero-order valence-electron chi connectivity index (χ0n) is 12.2. The van der Waals surface area contributed by atoms with Crippen LogP contribution in [-0.2, 0) is 19.9 Å². The highest BCUT2D eigenvalue weighted by atomic mass is 35.5. The Morgan fingerprint density at radius 2 is 1.54 bits per heavy atom. The molecule has 0 heterocycles. The van der Waals surface area contributed by atoms with Gasteiger partial charge in [-0.15, -0.1) is 0 Å². The highest BCUT2D eigenvalue weighted by molar-refractivity contribution is 7.92. The summed E-state index contributed by atoms with van der Waals surface area (Å²) in [4.78, 5) is 10.6. The minimum Gasteiger partial charge on any atom is -0.545 e. The van der Waals surface area contributed by atoms with Crippen molar-refractivity contribution in [2.75, 3.05) is 11.0 Å². The molecule has 7 nitrogen and oxygen atoms in total. The van der Waals surface area contributed by atoms with Crippen LogP contribution in [0.15, 0.2) is 52.3 Å². The number of hydrogen-bond acceptors (Lipinski definition) is 6. The van der Waals surface area contributed by atoms with Crippen molar-refractivity contribution < 1.29 is 26.7 Å². The summed E-state index contributed by atoms with van der Waals surface area (Å²) in [6.07, 6.45) is 1.03. The van der Waals surface area contributed by atoms with Crippen molar-refractivity contribution in [2.45, 2.75) is 9.79 Å². The van der Waals surface area contributed by atoms with E-state index in [2.05, 4.69) is 4.72 Å². The number of benzene rings is 2. The van der Waals surface area contributed by atoms with E-state index in [1.165, 1.54) is 24.3 Å². The normalized spacial score (nSPS) is 11.9. The van der Waals surface area contributed by atoms with Crippen LogP contribution in [0.5, 0.6) is 0 Å². The molecule has 2 aromatic rings. The highest BCUT2D eigenvalue weighted by Crippen LogP contribution is 2.22. The fourth-order valence-electron chi connectivity index (χ4n) is 1.81. The first kappa shape index (κ1) is 18.2. The lowest BCUT2D eigenvalue weighted by atomic mass is 10.2. The average Bonchev–Trinajstić information content (AvgIpc) is 2.46. The van der Waals surface area contributed by atoms with Gasteiger partial charge in [-0.2, -0.15) is 0 Å². The summed E-state index contributed by atoms with van der Waals surface area (Å²) in [6.45, 7) is 0. The predicted molar refractivity (Wildman–Crippen MR) is 86.1 cm³/mol. The molecule has 0 aliphatic heterocycles. The van der Waals surface area contributed by atoms with Gasteiger partial charge in [0.25, 0.3) is 10.0 Å². The largest absolute Gasteiger partial charge is 0.545 e. The summed E-state index contributed by atoms with van der Waals surface area (Å²) in [5.41, 5.74) is -0.334. The molecule has 0 radical (unpaired) electrons. The molecule has 10 heteroatoms. The Balaban J connectivity index is 2.35. The molecule has 0 saturated heterocycles. The Kier molecular flexibility index (Phi) is 4.88. The molecule has 2 rings (SSSR count). The number of aromatic carboxylic acids is 1. The van der Waals surface area contributed by atoms with Crippen molar-refractivity contribution in [3.8, 4) is 0 Å². The van der Waals surface area contributed by atoms with Crippen LogP contribution in [-0.4, -0.2) is 29.1 Å². The van der Waals surface area contributed by atoms with E-state index in [9.17, 15) is 26.7 Å². The van der Waals surface area contributed by atoms with Gasteiger partial charge >= 0.3 is 0 Å². The zero-order valence-corrected chi connectivity index (χ0v) is 14.6. The molecular weight excluding hydrogens is 378 g/mol. The van der Waals surface area contributed by atoms with Crippen LogP contribution in [0.2, 0.25) is 5.02 Å². The Hall–Kier alpha value is -2.10. The number of anilines is 1. The monoisotopic (exact) mass is 388 g/mol. The van der Waals surface area contributed by atoms with E-state index in [1.54, 1.807) is 0 Å². The number of carboxylic acids is 1. The summed E-state index contributed by atoms with van der Waals surface area (Å²) < 4.78 is 49.5. The van der Waals surface area contributed by atoms with E-state index in [0.29, 0.717) is 0 Å². The number of carbonyl (C=O) groups excluding carboxylic acids is 1. The minimum atomic E-state index is -4.08. The van der Waals surface area contributed by atoms with Gasteiger partial charge in [0.1, 0.15) is 0 Å². The van der Waals surface area contributed by atoms with Gasteiger partial charge in [-0.05, 0) is 42.5 Å². The van der Waals surface area contributed by atoms with Gasteiger partial charge in [0.15, 0.2) is 9.84 Å². The Labute approximate surface area is 143 Å². The van der Waals surface area contributed by atoms with Crippen LogP contribution >= 0.6 is 11.6 Å². The van der Waals surface area contributed by atoms with Crippen LogP contribution in [0.4, 0.5) is 5.69 Å². The topological polar surface area (TPSA) is 120 Å². The molecule has 0 aliphatic carbocycles. The second kappa shape index (κ2) is 6.42. The number of hydrogen-bond donors (Lipinski definition) is 1. The summed E-state index contributed by atoms with van der Waals surface area (Å²) in [5, 5.41) is 10.8. The lowest BCUT2D eigenvalue weighted by Gasteiger charge is -2.11. The first-order valence-electron chi connectivity index (χ1n) is 6.34. The van der Waals surface area contributed by atoms with Crippen molar-refractivity contribution in [2.24, 2.45) is 0 Å². The maximum Gasteiger partial charge on any atom is 0.261 e. The van der Waals surface area contributed by atoms with E-state index in [0.717, 1.165) is 24.5 Å². The molecule has 0 spiro atoms. The van der Waals surface area contributed by atoms with Gasteiger partial charge in [-0.1, -0.05) is 11.6 Å². The van der Waals surface area contributed by atoms with Gasteiger partial charge < -0.3 is 9.90 Å². The third-order valence-corrected chi connectivity index (χ3v) is 5.84. The SMILES string of the molecule is CS(=O)(=O)c1ccc(NS(=O)(=O)c2ccc(Cl)c(C(=O)[O-])c2)cc1. The Morgan fingerprint density at radius 1 is 1.00 bits per heavy atom. The van der Waals surface area contributed by atoms with Gasteiger partial charge in [0.2, 0.25) is 0 Å². The van der Waals surface area contributed by atoms with Crippen molar-refractivity contribution in [3.05, 3.63) is 53.1 Å². The molecule has 128 valence electrons. The number of carboxylic acid groups (broad SMARTS) is 1. The molecule has 0 unspecified atom stereocenters. The molecule has 0 fully saturated rings. The molecule has 0 saturated carbocycles. The number of rotatable bonds is 5. The Morgan fingerprint density at radius 3 is 2.04 bits per heavy atom. The van der Waals surface area contributed by atoms with Crippen molar-refractivity contribution in [1.82, 2.24) is 0 Å². The molecule has 24 heavy (non-hydrogen) atoms. The first-order valence-corrected chi connectivity index (χ1v) is 10.1. The highest BCUT2D eigenvalue weighted by Gasteiger charge is 2.17. The summed E-state index contributed by atoms with van der Waals surface area (Å²) in [6, 6.07) is 8.22. The smallest absolute Gasteiger partial charge is 0.261 e. The van der Waals surface area contributed by atoms with E-state index in [4.69, 9.17) is 11.6 Å².